The summed E-state index contributed by atoms with van der Waals surface area (Å²) in [5.74, 6) is 0. The van der Waals surface area contributed by atoms with Gasteiger partial charge in [0.25, 0.3) is 0 Å². The number of hydrogen-bond donors (Lipinski definition) is 2. The number of carbonyl (C=O) groups is 1. The Morgan fingerprint density at radius 1 is 1.36 bits per heavy atom. The van der Waals surface area contributed by atoms with E-state index in [1.54, 1.807) is 0 Å². The highest BCUT2D eigenvalue weighted by Gasteiger charge is 2.04. The maximum absolute atomic E-state index is 9.66. The van der Waals surface area contributed by atoms with Crippen LogP contribution < -0.4 is 5.32 Å². The second-order valence-electron chi connectivity index (χ2n) is 3.44. The van der Waals surface area contributed by atoms with Crippen molar-refractivity contribution in [3.63, 3.8) is 0 Å². The summed E-state index contributed by atoms with van der Waals surface area (Å²) in [5.41, 5.74) is 0. The molecule has 0 bridgehead atoms. The molecule has 3 nitrogen and oxygen atoms in total. The molecule has 0 saturated carbocycles. The van der Waals surface area contributed by atoms with Crippen LogP contribution in [0.1, 0.15) is 39.0 Å². The molecule has 1 fully saturated rings. The Hall–Kier alpha value is -0.220. The Balaban J connectivity index is 0.000000249. The van der Waals surface area contributed by atoms with Crippen LogP contribution in [0, 0.1) is 0 Å². The van der Waals surface area contributed by atoms with E-state index in [1.165, 1.54) is 38.8 Å². The van der Waals surface area contributed by atoms with Crippen molar-refractivity contribution in [3.05, 3.63) is 0 Å². The molecule has 4 heteroatoms. The third-order valence-corrected chi connectivity index (χ3v) is 2.49. The molecule has 0 aromatic carbocycles. The van der Waals surface area contributed by atoms with Gasteiger partial charge in [-0.1, -0.05) is 32.6 Å². The number of unbranched alkanes of at least 4 members (excludes halogenated alkanes) is 2. The molecule has 0 spiro atoms. The number of hydrogen-bond acceptors (Lipinski definition) is 3. The lowest BCUT2D eigenvalue weighted by atomic mass is 10.2. The number of carbonyl (C=O) groups excluding carboxylic acids is 1. The molecule has 1 amide bonds. The van der Waals surface area contributed by atoms with Gasteiger partial charge in [-0.05, 0) is 19.3 Å². The van der Waals surface area contributed by atoms with Crippen LogP contribution in [-0.2, 0) is 4.79 Å². The Morgan fingerprint density at radius 3 is 2.36 bits per heavy atom. The molecule has 14 heavy (non-hydrogen) atoms. The van der Waals surface area contributed by atoms with Crippen molar-refractivity contribution in [2.45, 2.75) is 39.0 Å². The van der Waals surface area contributed by atoms with Gasteiger partial charge in [0.15, 0.2) is 0 Å². The molecule has 0 radical (unpaired) electrons. The van der Waals surface area contributed by atoms with Crippen LogP contribution in [0.5, 0.6) is 0 Å². The minimum atomic E-state index is 0.746. The zero-order valence-electron chi connectivity index (χ0n) is 9.04. The number of nitrogens with one attached hydrogen (secondary N) is 1. The Bertz CT molecular complexity index is 127. The fourth-order valence-electron chi connectivity index (χ4n) is 1.24. The van der Waals surface area contributed by atoms with Crippen molar-refractivity contribution >= 4 is 19.2 Å². The van der Waals surface area contributed by atoms with Gasteiger partial charge in [0, 0.05) is 19.6 Å². The number of rotatable bonds is 5. The molecule has 1 heterocycles. The minimum absolute atomic E-state index is 0.746. The highest BCUT2D eigenvalue weighted by Crippen LogP contribution is 2.07. The molecule has 0 aromatic rings. The van der Waals surface area contributed by atoms with Crippen LogP contribution in [-0.4, -0.2) is 30.3 Å². The summed E-state index contributed by atoms with van der Waals surface area (Å²) >= 11 is 4.13. The van der Waals surface area contributed by atoms with E-state index < -0.39 is 0 Å². The van der Waals surface area contributed by atoms with E-state index in [0.29, 0.717) is 0 Å². The molecule has 1 aliphatic rings. The molecule has 0 atom stereocenters. The van der Waals surface area contributed by atoms with Crippen LogP contribution in [0.4, 0.5) is 0 Å². The van der Waals surface area contributed by atoms with Gasteiger partial charge in [0.2, 0.25) is 6.41 Å². The average Bonchev–Trinajstić information content (AvgIpc) is 2.65. The zero-order valence-corrected chi connectivity index (χ0v) is 9.93. The van der Waals surface area contributed by atoms with Crippen molar-refractivity contribution in [1.82, 2.24) is 9.62 Å². The summed E-state index contributed by atoms with van der Waals surface area (Å²) in [6.07, 6.45) is 6.94. The maximum Gasteiger partial charge on any atom is 0.207 e. The minimum Gasteiger partial charge on any atom is -0.359 e. The van der Waals surface area contributed by atoms with Crippen LogP contribution in [0.2, 0.25) is 0 Å². The summed E-state index contributed by atoms with van der Waals surface area (Å²) in [4.78, 5) is 9.66. The SMILES string of the molecule is CCCCCNC=O.SN1CCCC1. The number of nitrogens with zero attached hydrogens (tertiary/aromatic N) is 1. The Morgan fingerprint density at radius 2 is 2.00 bits per heavy atom. The topological polar surface area (TPSA) is 32.3 Å². The highest BCUT2D eigenvalue weighted by atomic mass is 32.1. The van der Waals surface area contributed by atoms with Gasteiger partial charge < -0.3 is 5.32 Å². The first-order chi connectivity index (χ1) is 6.81. The monoisotopic (exact) mass is 218 g/mol. The molecule has 0 aromatic heterocycles. The van der Waals surface area contributed by atoms with Gasteiger partial charge in [0.05, 0.1) is 0 Å². The number of thiol groups is 1. The Kier molecular flexibility index (Phi) is 10.7. The quantitative estimate of drug-likeness (QED) is 0.419. The average molecular weight is 218 g/mol. The van der Waals surface area contributed by atoms with E-state index in [9.17, 15) is 4.79 Å². The van der Waals surface area contributed by atoms with Crippen molar-refractivity contribution in [1.29, 1.82) is 0 Å². The fourth-order valence-corrected chi connectivity index (χ4v) is 1.52. The van der Waals surface area contributed by atoms with Crippen LogP contribution in [0.15, 0.2) is 0 Å². The van der Waals surface area contributed by atoms with Crippen LogP contribution in [0.3, 0.4) is 0 Å². The van der Waals surface area contributed by atoms with Gasteiger partial charge in [-0.15, -0.1) is 0 Å². The summed E-state index contributed by atoms with van der Waals surface area (Å²) in [5, 5.41) is 2.60. The predicted molar refractivity (Wildman–Crippen MR) is 63.4 cm³/mol. The number of amides is 1. The van der Waals surface area contributed by atoms with E-state index >= 15 is 0 Å². The molecule has 1 saturated heterocycles. The smallest absolute Gasteiger partial charge is 0.207 e. The molecule has 1 aliphatic heterocycles. The lowest BCUT2D eigenvalue weighted by molar-refractivity contribution is -0.109. The lowest BCUT2D eigenvalue weighted by Gasteiger charge is -1.99. The van der Waals surface area contributed by atoms with Crippen molar-refractivity contribution in [2.24, 2.45) is 0 Å². The maximum atomic E-state index is 9.66. The second-order valence-corrected chi connectivity index (χ2v) is 4.01. The van der Waals surface area contributed by atoms with E-state index in [2.05, 4.69) is 29.4 Å². The lowest BCUT2D eigenvalue weighted by Crippen LogP contribution is -2.11. The van der Waals surface area contributed by atoms with E-state index in [0.717, 1.165) is 19.4 Å². The van der Waals surface area contributed by atoms with Gasteiger partial charge in [0.1, 0.15) is 0 Å². The molecule has 0 aliphatic carbocycles. The first kappa shape index (κ1) is 13.8. The summed E-state index contributed by atoms with van der Waals surface area (Å²) in [6.45, 7) is 5.34. The van der Waals surface area contributed by atoms with Gasteiger partial charge >= 0.3 is 0 Å². The van der Waals surface area contributed by atoms with Crippen LogP contribution in [0.25, 0.3) is 0 Å². The Labute approximate surface area is 92.8 Å². The third-order valence-electron chi connectivity index (χ3n) is 2.09. The molecule has 0 unspecified atom stereocenters. The van der Waals surface area contributed by atoms with Gasteiger partial charge in [-0.3, -0.25) is 9.10 Å². The molecule has 84 valence electrons. The first-order valence-electron chi connectivity index (χ1n) is 5.42. The fraction of sp³-hybridized carbons (Fsp3) is 0.900. The second kappa shape index (κ2) is 10.9. The van der Waals surface area contributed by atoms with Gasteiger partial charge in [-0.2, -0.15) is 0 Å². The highest BCUT2D eigenvalue weighted by molar-refractivity contribution is 7.77. The standard InChI is InChI=1S/C6H13NO.C4H9NS/c1-2-3-4-5-7-6-8;6-5-3-1-2-4-5/h6H,2-5H2,1H3,(H,7,8);6H,1-4H2. The summed E-state index contributed by atoms with van der Waals surface area (Å²) < 4.78 is 2.06. The molecular weight excluding hydrogens is 196 g/mol. The first-order valence-corrected chi connectivity index (χ1v) is 5.82. The zero-order chi connectivity index (χ0) is 10.6. The van der Waals surface area contributed by atoms with Crippen molar-refractivity contribution in [2.75, 3.05) is 19.6 Å². The van der Waals surface area contributed by atoms with E-state index in [-0.39, 0.29) is 0 Å². The summed E-state index contributed by atoms with van der Waals surface area (Å²) in [6, 6.07) is 0. The van der Waals surface area contributed by atoms with Crippen molar-refractivity contribution in [3.8, 4) is 0 Å². The summed E-state index contributed by atoms with van der Waals surface area (Å²) in [7, 11) is 0. The molecule has 1 N–H and O–H groups in total. The van der Waals surface area contributed by atoms with Crippen molar-refractivity contribution < 1.29 is 4.79 Å². The van der Waals surface area contributed by atoms with Crippen LogP contribution >= 0.6 is 12.8 Å². The molecule has 1 rings (SSSR count). The van der Waals surface area contributed by atoms with E-state index in [4.69, 9.17) is 0 Å². The third kappa shape index (κ3) is 9.86. The van der Waals surface area contributed by atoms with Gasteiger partial charge in [-0.25, -0.2) is 0 Å². The van der Waals surface area contributed by atoms with E-state index in [1.807, 2.05) is 0 Å². The predicted octanol–water partition coefficient (Wildman–Crippen LogP) is 1.85. The largest absolute Gasteiger partial charge is 0.359 e. The normalized spacial score (nSPS) is 15.9. The molecular formula is C10H22N2OS.